The minimum Gasteiger partial charge on any atom is -0.481 e. The van der Waals surface area contributed by atoms with Crippen molar-refractivity contribution in [2.24, 2.45) is 0 Å². The number of methoxy groups -OCH3 is 1. The first-order chi connectivity index (χ1) is 15.5. The number of benzene rings is 1. The minimum absolute atomic E-state index is 0.0143. The summed E-state index contributed by atoms with van der Waals surface area (Å²) in [7, 11) is 1.51. The molecule has 1 aromatic carbocycles. The number of hydrogen-bond acceptors (Lipinski definition) is 6. The third-order valence-corrected chi connectivity index (χ3v) is 4.69. The lowest BCUT2D eigenvalue weighted by atomic mass is 10.1. The van der Waals surface area contributed by atoms with E-state index in [0.29, 0.717) is 46.2 Å². The van der Waals surface area contributed by atoms with Crippen molar-refractivity contribution in [3.8, 4) is 34.3 Å². The molecule has 0 bridgehead atoms. The van der Waals surface area contributed by atoms with Gasteiger partial charge in [0.1, 0.15) is 5.75 Å². The average molecular weight is 439 g/mol. The molecule has 32 heavy (non-hydrogen) atoms. The molecule has 0 saturated carbocycles. The van der Waals surface area contributed by atoms with Gasteiger partial charge < -0.3 is 14.2 Å². The van der Waals surface area contributed by atoms with E-state index in [4.69, 9.17) is 9.47 Å². The van der Waals surface area contributed by atoms with Crippen molar-refractivity contribution in [3.05, 3.63) is 71.1 Å². The van der Waals surface area contributed by atoms with E-state index < -0.39 is 6.61 Å². The highest BCUT2D eigenvalue weighted by atomic mass is 19.3. The zero-order valence-electron chi connectivity index (χ0n) is 17.3. The first-order valence-electron chi connectivity index (χ1n) is 9.75. The topological polar surface area (TPSA) is 75.5 Å². The summed E-state index contributed by atoms with van der Waals surface area (Å²) in [5.74, 6) is 0.775. The van der Waals surface area contributed by atoms with Crippen LogP contribution in [-0.2, 0) is 0 Å². The van der Waals surface area contributed by atoms with E-state index in [9.17, 15) is 13.6 Å². The van der Waals surface area contributed by atoms with Crippen molar-refractivity contribution in [3.63, 3.8) is 0 Å². The Morgan fingerprint density at radius 2 is 1.78 bits per heavy atom. The van der Waals surface area contributed by atoms with Crippen LogP contribution in [0.2, 0.25) is 0 Å². The Hall–Kier alpha value is -4.01. The quantitative estimate of drug-likeness (QED) is 0.423. The van der Waals surface area contributed by atoms with Gasteiger partial charge in [-0.05, 0) is 49.4 Å². The van der Waals surface area contributed by atoms with E-state index in [-0.39, 0.29) is 11.3 Å². The molecule has 164 valence electrons. The lowest BCUT2D eigenvalue weighted by Crippen LogP contribution is -2.21. The van der Waals surface area contributed by atoms with Crippen molar-refractivity contribution >= 4 is 11.0 Å². The molecule has 4 aromatic rings. The molecule has 3 aromatic heterocycles. The molecule has 0 saturated heterocycles. The number of pyridine rings is 3. The van der Waals surface area contributed by atoms with Crippen LogP contribution >= 0.6 is 0 Å². The fourth-order valence-corrected chi connectivity index (χ4v) is 3.28. The molecular formula is C23H19F2N3O4. The van der Waals surface area contributed by atoms with Crippen molar-refractivity contribution in [2.45, 2.75) is 13.5 Å². The standard InChI is InChI=1S/C23H19F2N3O4/c1-3-31-20-11-4-14-12-18(15-5-10-19(30-2)26-13-15)22(29)28(21(14)27-20)16-6-8-17(9-7-16)32-23(24)25/h4-13,23H,3H2,1-2H3. The SMILES string of the molecule is CCOc1ccc2cc(-c3ccc(OC)nc3)c(=O)n(-c3ccc(OC(F)F)cc3)c2n1. The van der Waals surface area contributed by atoms with E-state index >= 15 is 0 Å². The summed E-state index contributed by atoms with van der Waals surface area (Å²) in [6, 6.07) is 14.4. The van der Waals surface area contributed by atoms with Gasteiger partial charge in [-0.2, -0.15) is 13.8 Å². The molecule has 0 fully saturated rings. The number of aromatic nitrogens is 3. The number of fused-ring (bicyclic) bond motifs is 1. The van der Waals surface area contributed by atoms with Crippen LogP contribution in [0.4, 0.5) is 8.78 Å². The first kappa shape index (κ1) is 21.2. The predicted molar refractivity (Wildman–Crippen MR) is 115 cm³/mol. The van der Waals surface area contributed by atoms with Crippen LogP contribution in [-0.4, -0.2) is 34.9 Å². The van der Waals surface area contributed by atoms with Crippen LogP contribution in [0.3, 0.4) is 0 Å². The molecule has 0 amide bonds. The normalized spacial score (nSPS) is 11.0. The molecule has 0 N–H and O–H groups in total. The van der Waals surface area contributed by atoms with Gasteiger partial charge in [0, 0.05) is 34.8 Å². The number of halogens is 2. The van der Waals surface area contributed by atoms with Crippen LogP contribution in [0.1, 0.15) is 6.92 Å². The summed E-state index contributed by atoms with van der Waals surface area (Å²) in [6.45, 7) is -0.691. The molecule has 3 heterocycles. The Balaban J connectivity index is 1.93. The highest BCUT2D eigenvalue weighted by Gasteiger charge is 2.16. The molecule has 0 unspecified atom stereocenters. The lowest BCUT2D eigenvalue weighted by molar-refractivity contribution is -0.0498. The van der Waals surface area contributed by atoms with Crippen LogP contribution < -0.4 is 19.8 Å². The van der Waals surface area contributed by atoms with Gasteiger partial charge in [-0.15, -0.1) is 0 Å². The molecule has 0 aliphatic carbocycles. The molecule has 4 rings (SSSR count). The summed E-state index contributed by atoms with van der Waals surface area (Å²) < 4.78 is 41.4. The number of alkyl halides is 2. The molecule has 0 aliphatic rings. The molecule has 0 radical (unpaired) electrons. The second kappa shape index (κ2) is 9.01. The maximum atomic E-state index is 13.5. The zero-order valence-corrected chi connectivity index (χ0v) is 17.3. The fourth-order valence-electron chi connectivity index (χ4n) is 3.28. The highest BCUT2D eigenvalue weighted by molar-refractivity contribution is 5.83. The van der Waals surface area contributed by atoms with Crippen LogP contribution in [0, 0.1) is 0 Å². The Morgan fingerprint density at radius 1 is 1.03 bits per heavy atom. The summed E-state index contributed by atoms with van der Waals surface area (Å²) in [6.07, 6.45) is 1.55. The van der Waals surface area contributed by atoms with E-state index in [0.717, 1.165) is 0 Å². The predicted octanol–water partition coefficient (Wildman–Crippen LogP) is 4.46. The molecule has 9 heteroatoms. The van der Waals surface area contributed by atoms with Crippen molar-refractivity contribution in [1.82, 2.24) is 14.5 Å². The summed E-state index contributed by atoms with van der Waals surface area (Å²) in [4.78, 5) is 22.2. The fraction of sp³-hybridized carbons (Fsp3) is 0.174. The van der Waals surface area contributed by atoms with Crippen LogP contribution in [0.15, 0.2) is 65.6 Å². The highest BCUT2D eigenvalue weighted by Crippen LogP contribution is 2.26. The number of nitrogens with zero attached hydrogens (tertiary/aromatic N) is 3. The molecule has 0 atom stereocenters. The monoisotopic (exact) mass is 439 g/mol. The summed E-state index contributed by atoms with van der Waals surface area (Å²) >= 11 is 0. The number of rotatable bonds is 7. The zero-order chi connectivity index (χ0) is 22.7. The summed E-state index contributed by atoms with van der Waals surface area (Å²) in [5, 5.41) is 0.687. The van der Waals surface area contributed by atoms with Gasteiger partial charge in [0.25, 0.3) is 5.56 Å². The van der Waals surface area contributed by atoms with Gasteiger partial charge in [0.05, 0.1) is 19.4 Å². The Morgan fingerprint density at radius 3 is 2.41 bits per heavy atom. The van der Waals surface area contributed by atoms with E-state index in [2.05, 4.69) is 14.7 Å². The number of ether oxygens (including phenoxy) is 3. The molecule has 0 spiro atoms. The van der Waals surface area contributed by atoms with Crippen molar-refractivity contribution < 1.29 is 23.0 Å². The molecular weight excluding hydrogens is 420 g/mol. The minimum atomic E-state index is -2.94. The van der Waals surface area contributed by atoms with E-state index in [1.54, 1.807) is 36.5 Å². The van der Waals surface area contributed by atoms with E-state index in [1.807, 2.05) is 6.92 Å². The van der Waals surface area contributed by atoms with Gasteiger partial charge in [0.15, 0.2) is 5.65 Å². The summed E-state index contributed by atoms with van der Waals surface area (Å²) in [5.41, 5.74) is 1.44. The van der Waals surface area contributed by atoms with Gasteiger partial charge in [-0.25, -0.2) is 4.98 Å². The second-order valence-corrected chi connectivity index (χ2v) is 6.66. The van der Waals surface area contributed by atoms with Crippen molar-refractivity contribution in [2.75, 3.05) is 13.7 Å². The van der Waals surface area contributed by atoms with E-state index in [1.165, 1.54) is 35.9 Å². The Labute approximate surface area is 181 Å². The first-order valence-corrected chi connectivity index (χ1v) is 9.75. The largest absolute Gasteiger partial charge is 0.481 e. The Bertz CT molecular complexity index is 1290. The van der Waals surface area contributed by atoms with Crippen LogP contribution in [0.5, 0.6) is 17.5 Å². The van der Waals surface area contributed by atoms with Crippen molar-refractivity contribution in [1.29, 1.82) is 0 Å². The molecule has 0 aliphatic heterocycles. The maximum Gasteiger partial charge on any atom is 0.387 e. The average Bonchev–Trinajstić information content (AvgIpc) is 2.79. The van der Waals surface area contributed by atoms with Gasteiger partial charge in [-0.1, -0.05) is 0 Å². The Kier molecular flexibility index (Phi) is 5.98. The second-order valence-electron chi connectivity index (χ2n) is 6.66. The third kappa shape index (κ3) is 4.22. The maximum absolute atomic E-state index is 13.5. The third-order valence-electron chi connectivity index (χ3n) is 4.69. The molecule has 7 nitrogen and oxygen atoms in total. The van der Waals surface area contributed by atoms with Gasteiger partial charge in [-0.3, -0.25) is 9.36 Å². The lowest BCUT2D eigenvalue weighted by Gasteiger charge is -2.14. The van der Waals surface area contributed by atoms with Crippen LogP contribution in [0.25, 0.3) is 27.8 Å². The van der Waals surface area contributed by atoms with Gasteiger partial charge >= 0.3 is 6.61 Å². The number of hydrogen-bond donors (Lipinski definition) is 0. The smallest absolute Gasteiger partial charge is 0.387 e. The van der Waals surface area contributed by atoms with Gasteiger partial charge in [0.2, 0.25) is 11.8 Å².